The third-order valence-corrected chi connectivity index (χ3v) is 2.15. The molecule has 0 spiro atoms. The highest BCUT2D eigenvalue weighted by molar-refractivity contribution is 5.07. The summed E-state index contributed by atoms with van der Waals surface area (Å²) in [6, 6.07) is 4.27. The van der Waals surface area contributed by atoms with E-state index < -0.39 is 0 Å². The van der Waals surface area contributed by atoms with E-state index in [9.17, 15) is 0 Å². The van der Waals surface area contributed by atoms with Gasteiger partial charge < -0.3 is 10.4 Å². The number of rotatable bonds is 6. The lowest BCUT2D eigenvalue weighted by molar-refractivity contribution is -0.671. The minimum Gasteiger partial charge on any atom is -0.396 e. The second-order valence-electron chi connectivity index (χ2n) is 3.45. The van der Waals surface area contributed by atoms with E-state index in [1.165, 1.54) is 5.56 Å². The van der Waals surface area contributed by atoms with Crippen molar-refractivity contribution in [2.75, 3.05) is 19.7 Å². The number of pyridine rings is 1. The molecule has 3 heteroatoms. The number of aliphatic hydroxyl groups excluding tert-OH is 1. The van der Waals surface area contributed by atoms with E-state index in [1.807, 2.05) is 11.6 Å². The van der Waals surface area contributed by atoms with Crippen LogP contribution < -0.4 is 9.88 Å². The summed E-state index contributed by atoms with van der Waals surface area (Å²) in [5.41, 5.74) is 1.35. The Morgan fingerprint density at radius 1 is 1.29 bits per heavy atom. The number of hydrogen-bond acceptors (Lipinski definition) is 2. The Hall–Kier alpha value is -0.930. The maximum absolute atomic E-state index is 8.57. The largest absolute Gasteiger partial charge is 0.396 e. The summed E-state index contributed by atoms with van der Waals surface area (Å²) in [6.45, 7) is 2.15. The smallest absolute Gasteiger partial charge is 0.168 e. The minimum absolute atomic E-state index is 0.272. The number of hydrogen-bond donors (Lipinski definition) is 2. The lowest BCUT2D eigenvalue weighted by atomic mass is 10.2. The van der Waals surface area contributed by atoms with Gasteiger partial charge in [-0.3, -0.25) is 0 Å². The van der Waals surface area contributed by atoms with Gasteiger partial charge in [-0.1, -0.05) is 0 Å². The van der Waals surface area contributed by atoms with Gasteiger partial charge in [-0.15, -0.1) is 0 Å². The first-order valence-corrected chi connectivity index (χ1v) is 5.08. The molecule has 2 N–H and O–H groups in total. The van der Waals surface area contributed by atoms with Gasteiger partial charge in [0.2, 0.25) is 0 Å². The predicted molar refractivity (Wildman–Crippen MR) is 55.9 cm³/mol. The summed E-state index contributed by atoms with van der Waals surface area (Å²) < 4.78 is 2.03. The van der Waals surface area contributed by atoms with E-state index in [2.05, 4.69) is 29.8 Å². The van der Waals surface area contributed by atoms with Crippen LogP contribution in [0.5, 0.6) is 0 Å². The summed E-state index contributed by atoms with van der Waals surface area (Å²) in [5.74, 6) is 0. The standard InChI is InChI=1S/C11H19N2O/c1-13-8-4-11(5-9-13)3-7-12-6-2-10-14/h4-5,8-9,12,14H,2-3,6-7,10H2,1H3/q+1. The molecular formula is C11H19N2O+. The van der Waals surface area contributed by atoms with Gasteiger partial charge in [0, 0.05) is 18.7 Å². The van der Waals surface area contributed by atoms with Crippen LogP contribution in [-0.2, 0) is 13.5 Å². The van der Waals surface area contributed by atoms with E-state index in [0.29, 0.717) is 0 Å². The molecule has 1 rings (SSSR count). The number of nitrogens with one attached hydrogen (secondary N) is 1. The predicted octanol–water partition coefficient (Wildman–Crippen LogP) is 0.0256. The molecule has 0 aliphatic carbocycles. The van der Waals surface area contributed by atoms with E-state index in [4.69, 9.17) is 5.11 Å². The Kier molecular flexibility index (Phi) is 5.19. The highest BCUT2D eigenvalue weighted by Gasteiger charge is 1.95. The molecule has 0 aliphatic heterocycles. The summed E-state index contributed by atoms with van der Waals surface area (Å²) in [6.07, 6.45) is 6.00. The van der Waals surface area contributed by atoms with Crippen molar-refractivity contribution in [2.45, 2.75) is 12.8 Å². The Labute approximate surface area is 85.4 Å². The molecule has 0 aromatic carbocycles. The SMILES string of the molecule is C[n+]1ccc(CCNCCCO)cc1. The molecule has 0 bridgehead atoms. The molecule has 1 aromatic rings. The fourth-order valence-electron chi connectivity index (χ4n) is 1.26. The van der Waals surface area contributed by atoms with Crippen molar-refractivity contribution in [1.29, 1.82) is 0 Å². The Bertz CT molecular complexity index is 246. The molecule has 0 fully saturated rings. The summed E-state index contributed by atoms with van der Waals surface area (Å²) in [7, 11) is 2.02. The summed E-state index contributed by atoms with van der Waals surface area (Å²) in [4.78, 5) is 0. The molecule has 14 heavy (non-hydrogen) atoms. The summed E-state index contributed by atoms with van der Waals surface area (Å²) in [5, 5.41) is 11.9. The van der Waals surface area contributed by atoms with Crippen molar-refractivity contribution >= 4 is 0 Å². The first-order valence-electron chi connectivity index (χ1n) is 5.08. The average Bonchev–Trinajstić information content (AvgIpc) is 2.21. The normalized spacial score (nSPS) is 10.4. The number of nitrogens with zero attached hydrogens (tertiary/aromatic N) is 1. The van der Waals surface area contributed by atoms with Crippen molar-refractivity contribution in [3.63, 3.8) is 0 Å². The quantitative estimate of drug-likeness (QED) is 0.496. The van der Waals surface area contributed by atoms with Gasteiger partial charge in [0.25, 0.3) is 0 Å². The van der Waals surface area contributed by atoms with Crippen LogP contribution in [0.2, 0.25) is 0 Å². The molecule has 0 amide bonds. The Morgan fingerprint density at radius 2 is 2.00 bits per heavy atom. The number of aliphatic hydroxyl groups is 1. The molecule has 0 unspecified atom stereocenters. The van der Waals surface area contributed by atoms with E-state index in [1.54, 1.807) is 0 Å². The molecule has 78 valence electrons. The second-order valence-corrected chi connectivity index (χ2v) is 3.45. The van der Waals surface area contributed by atoms with Gasteiger partial charge >= 0.3 is 0 Å². The Morgan fingerprint density at radius 3 is 2.64 bits per heavy atom. The zero-order valence-corrected chi connectivity index (χ0v) is 8.74. The number of aryl methyl sites for hydroxylation is 1. The highest BCUT2D eigenvalue weighted by Crippen LogP contribution is 1.94. The zero-order valence-electron chi connectivity index (χ0n) is 8.74. The maximum atomic E-state index is 8.57. The van der Waals surface area contributed by atoms with Crippen molar-refractivity contribution in [3.05, 3.63) is 30.1 Å². The van der Waals surface area contributed by atoms with Gasteiger partial charge in [-0.2, -0.15) is 0 Å². The monoisotopic (exact) mass is 195 g/mol. The van der Waals surface area contributed by atoms with Gasteiger partial charge in [-0.25, -0.2) is 4.57 Å². The average molecular weight is 195 g/mol. The van der Waals surface area contributed by atoms with Gasteiger partial charge in [0.1, 0.15) is 7.05 Å². The first-order chi connectivity index (χ1) is 6.83. The van der Waals surface area contributed by atoms with Crippen LogP contribution in [0.1, 0.15) is 12.0 Å². The molecule has 0 saturated carbocycles. The van der Waals surface area contributed by atoms with Gasteiger partial charge in [-0.05, 0) is 31.5 Å². The highest BCUT2D eigenvalue weighted by atomic mass is 16.3. The lowest BCUT2D eigenvalue weighted by Gasteiger charge is -2.02. The van der Waals surface area contributed by atoms with Crippen molar-refractivity contribution in [2.24, 2.45) is 7.05 Å². The molecule has 0 saturated heterocycles. The molecule has 0 aliphatic rings. The third-order valence-electron chi connectivity index (χ3n) is 2.15. The molecule has 1 heterocycles. The Balaban J connectivity index is 2.15. The molecule has 0 atom stereocenters. The third kappa shape index (κ3) is 4.35. The fourth-order valence-corrected chi connectivity index (χ4v) is 1.26. The van der Waals surface area contributed by atoms with Crippen molar-refractivity contribution < 1.29 is 9.67 Å². The lowest BCUT2D eigenvalue weighted by Crippen LogP contribution is -2.26. The van der Waals surface area contributed by atoms with E-state index in [-0.39, 0.29) is 6.61 Å². The maximum Gasteiger partial charge on any atom is 0.168 e. The van der Waals surface area contributed by atoms with Crippen LogP contribution >= 0.6 is 0 Å². The fraction of sp³-hybridized carbons (Fsp3) is 0.545. The van der Waals surface area contributed by atoms with Crippen LogP contribution in [0, 0.1) is 0 Å². The second kappa shape index (κ2) is 6.51. The van der Waals surface area contributed by atoms with Gasteiger partial charge in [0.15, 0.2) is 12.4 Å². The van der Waals surface area contributed by atoms with E-state index >= 15 is 0 Å². The topological polar surface area (TPSA) is 36.1 Å². The van der Waals surface area contributed by atoms with Crippen LogP contribution in [0.15, 0.2) is 24.5 Å². The molecular weight excluding hydrogens is 176 g/mol. The van der Waals surface area contributed by atoms with Crippen LogP contribution in [0.4, 0.5) is 0 Å². The van der Waals surface area contributed by atoms with Crippen LogP contribution in [0.25, 0.3) is 0 Å². The van der Waals surface area contributed by atoms with Crippen LogP contribution in [-0.4, -0.2) is 24.8 Å². The van der Waals surface area contributed by atoms with Gasteiger partial charge in [0.05, 0.1) is 0 Å². The first kappa shape index (κ1) is 11.1. The zero-order chi connectivity index (χ0) is 10.2. The summed E-state index contributed by atoms with van der Waals surface area (Å²) >= 11 is 0. The van der Waals surface area contributed by atoms with Crippen molar-refractivity contribution in [1.82, 2.24) is 5.32 Å². The van der Waals surface area contributed by atoms with Crippen molar-refractivity contribution in [3.8, 4) is 0 Å². The number of aromatic nitrogens is 1. The molecule has 1 aromatic heterocycles. The minimum atomic E-state index is 0.272. The van der Waals surface area contributed by atoms with E-state index in [0.717, 1.165) is 25.9 Å². The molecule has 3 nitrogen and oxygen atoms in total. The molecule has 0 radical (unpaired) electrons. The van der Waals surface area contributed by atoms with Crippen LogP contribution in [0.3, 0.4) is 0 Å².